The predicted molar refractivity (Wildman–Crippen MR) is 51.2 cm³/mol. The number of hydrogen-bond acceptors (Lipinski definition) is 6. The number of halogens is 1. The fraction of sp³-hybridized carbons (Fsp3) is 0.571. The Balaban J connectivity index is 3.72. The monoisotopic (exact) mass is 222 g/mol. The van der Waals surface area contributed by atoms with Crippen LogP contribution in [0.4, 0.5) is 4.53 Å². The minimum absolute atomic E-state index is 0.0436. The summed E-state index contributed by atoms with van der Waals surface area (Å²) >= 11 is 0.553. The van der Waals surface area contributed by atoms with Crippen molar-refractivity contribution in [2.24, 2.45) is 0 Å². The zero-order valence-electron chi connectivity index (χ0n) is 7.38. The summed E-state index contributed by atoms with van der Waals surface area (Å²) in [5, 5.41) is 22.1. The zero-order chi connectivity index (χ0) is 11.0. The zero-order valence-corrected chi connectivity index (χ0v) is 8.19. The molecular weight excluding hydrogens is 211 g/mol. The molecule has 3 N–H and O–H groups in total. The van der Waals surface area contributed by atoms with Crippen molar-refractivity contribution in [2.45, 2.75) is 19.3 Å². The molecule has 0 aliphatic carbocycles. The topological polar surface area (TPSA) is 94.2 Å². The Labute approximate surface area is 84.6 Å². The summed E-state index contributed by atoms with van der Waals surface area (Å²) in [5.41, 5.74) is 0. The van der Waals surface area contributed by atoms with Gasteiger partial charge in [-0.3, -0.25) is 10.8 Å². The van der Waals surface area contributed by atoms with Gasteiger partial charge in [0.1, 0.15) is 0 Å². The fourth-order valence-electron chi connectivity index (χ4n) is 0.648. The highest BCUT2D eigenvalue weighted by molar-refractivity contribution is 8.27. The lowest BCUT2D eigenvalue weighted by Crippen LogP contribution is -2.11. The van der Waals surface area contributed by atoms with Crippen LogP contribution < -0.4 is 0 Å². The summed E-state index contributed by atoms with van der Waals surface area (Å²) in [5.74, 6) is -1.39. The molecule has 7 heteroatoms. The Bertz CT molecular complexity index is 235. The molecule has 0 aliphatic heterocycles. The van der Waals surface area contributed by atoms with E-state index in [1.165, 1.54) is 0 Å². The molecule has 0 spiro atoms. The first-order chi connectivity index (χ1) is 6.61. The summed E-state index contributed by atoms with van der Waals surface area (Å²) in [6, 6.07) is 0. The number of nitrogens with one attached hydrogen (secondary N) is 2. The molecule has 0 atom stereocenters. The third kappa shape index (κ3) is 5.65. The molecule has 0 aliphatic rings. The maximum absolute atomic E-state index is 11.3. The first-order valence-corrected chi connectivity index (χ1v) is 4.71. The molecule has 0 heterocycles. The lowest BCUT2D eigenvalue weighted by Gasteiger charge is -2.01. The van der Waals surface area contributed by atoms with Gasteiger partial charge in [0.15, 0.2) is 5.04 Å². The van der Waals surface area contributed by atoms with Crippen molar-refractivity contribution in [3.8, 4) is 0 Å². The van der Waals surface area contributed by atoms with E-state index in [0.29, 0.717) is 31.0 Å². The van der Waals surface area contributed by atoms with Gasteiger partial charge in [0.2, 0.25) is 0 Å². The van der Waals surface area contributed by atoms with Gasteiger partial charge in [0, 0.05) is 11.1 Å². The molecule has 0 radical (unpaired) electrons. The van der Waals surface area contributed by atoms with Crippen LogP contribution in [0, 0.1) is 10.8 Å². The van der Waals surface area contributed by atoms with Gasteiger partial charge in [-0.2, -0.15) is 0 Å². The number of thioether (sulfide) groups is 1. The van der Waals surface area contributed by atoms with E-state index in [2.05, 4.69) is 4.94 Å². The number of hydrogen-bond donors (Lipinski definition) is 3. The highest BCUT2D eigenvalue weighted by Crippen LogP contribution is 2.11. The molecular formula is C7H11FN2O3S. The highest BCUT2D eigenvalue weighted by atomic mass is 32.2. The summed E-state index contributed by atoms with van der Waals surface area (Å²) < 4.78 is 11.3. The van der Waals surface area contributed by atoms with Crippen molar-refractivity contribution in [3.63, 3.8) is 0 Å². The average Bonchev–Trinajstić information content (AvgIpc) is 2.16. The van der Waals surface area contributed by atoms with Gasteiger partial charge in [-0.15, -0.1) is 0 Å². The number of aliphatic hydroxyl groups excluding tert-OH is 1. The number of carbonyl (C=O) groups is 1. The lowest BCUT2D eigenvalue weighted by molar-refractivity contribution is -0.173. The van der Waals surface area contributed by atoms with E-state index < -0.39 is 11.0 Å². The van der Waals surface area contributed by atoms with Crippen LogP contribution in [0.25, 0.3) is 0 Å². The van der Waals surface area contributed by atoms with Crippen LogP contribution in [-0.2, 0) is 9.74 Å². The Morgan fingerprint density at radius 3 is 2.57 bits per heavy atom. The average molecular weight is 222 g/mol. The maximum atomic E-state index is 11.3. The first-order valence-electron chi connectivity index (χ1n) is 3.89. The standard InChI is InChI=1S/C7H11FN2O3S/c8-13-7(12)6(10)14-5(9)3-1-2-4-11/h9-11H,1-4H2. The van der Waals surface area contributed by atoms with Crippen molar-refractivity contribution in [1.82, 2.24) is 0 Å². The molecule has 0 aromatic rings. The van der Waals surface area contributed by atoms with Crippen LogP contribution in [-0.4, -0.2) is 27.8 Å². The van der Waals surface area contributed by atoms with Crippen molar-refractivity contribution < 1.29 is 19.4 Å². The van der Waals surface area contributed by atoms with Gasteiger partial charge >= 0.3 is 5.97 Å². The van der Waals surface area contributed by atoms with Crippen molar-refractivity contribution in [3.05, 3.63) is 0 Å². The first kappa shape index (κ1) is 13.1. The molecule has 14 heavy (non-hydrogen) atoms. The van der Waals surface area contributed by atoms with Crippen LogP contribution in [0.5, 0.6) is 0 Å². The fourth-order valence-corrected chi connectivity index (χ4v) is 1.26. The smallest absolute Gasteiger partial charge is 0.396 e. The Morgan fingerprint density at radius 1 is 1.43 bits per heavy atom. The van der Waals surface area contributed by atoms with E-state index in [4.69, 9.17) is 15.9 Å². The van der Waals surface area contributed by atoms with Gasteiger partial charge in [-0.1, -0.05) is 0 Å². The SMILES string of the molecule is N=C(CCCCO)SC(=N)C(=O)OF. The lowest BCUT2D eigenvalue weighted by atomic mass is 10.2. The van der Waals surface area contributed by atoms with Crippen molar-refractivity contribution >= 4 is 27.8 Å². The van der Waals surface area contributed by atoms with E-state index in [9.17, 15) is 9.32 Å². The Hall–Kier alpha value is -0.950. The second kappa shape index (κ2) is 7.45. The van der Waals surface area contributed by atoms with Gasteiger partial charge < -0.3 is 5.11 Å². The Kier molecular flexibility index (Phi) is 6.95. The minimum atomic E-state index is -1.39. The van der Waals surface area contributed by atoms with E-state index in [0.717, 1.165) is 0 Å². The van der Waals surface area contributed by atoms with Crippen LogP contribution in [0.1, 0.15) is 19.3 Å². The van der Waals surface area contributed by atoms with Gasteiger partial charge in [-0.05, 0) is 31.0 Å². The van der Waals surface area contributed by atoms with Gasteiger partial charge in [-0.25, -0.2) is 9.74 Å². The molecule has 0 bridgehead atoms. The Morgan fingerprint density at radius 2 is 2.07 bits per heavy atom. The molecule has 0 fully saturated rings. The van der Waals surface area contributed by atoms with Gasteiger partial charge in [0.05, 0.1) is 5.04 Å². The summed E-state index contributed by atoms with van der Waals surface area (Å²) in [6.07, 6.45) is 1.51. The molecule has 5 nitrogen and oxygen atoms in total. The molecule has 0 amide bonds. The third-order valence-electron chi connectivity index (χ3n) is 1.29. The third-order valence-corrected chi connectivity index (χ3v) is 2.11. The second-order valence-corrected chi connectivity index (χ2v) is 3.50. The van der Waals surface area contributed by atoms with Crippen LogP contribution in [0.15, 0.2) is 0 Å². The quantitative estimate of drug-likeness (QED) is 0.379. The van der Waals surface area contributed by atoms with Crippen LogP contribution in [0.3, 0.4) is 0 Å². The number of carbonyl (C=O) groups excluding carboxylic acids is 1. The summed E-state index contributed by atoms with van der Waals surface area (Å²) in [4.78, 5) is 13.2. The van der Waals surface area contributed by atoms with E-state index in [-0.39, 0.29) is 11.7 Å². The molecule has 0 rings (SSSR count). The largest absolute Gasteiger partial charge is 0.403 e. The number of aliphatic hydroxyl groups is 1. The molecule has 0 aromatic carbocycles. The molecule has 80 valence electrons. The van der Waals surface area contributed by atoms with Crippen LogP contribution in [0.2, 0.25) is 0 Å². The molecule has 0 aromatic heterocycles. The van der Waals surface area contributed by atoms with Crippen LogP contribution >= 0.6 is 11.8 Å². The molecule has 0 unspecified atom stereocenters. The summed E-state index contributed by atoms with van der Waals surface area (Å²) in [6.45, 7) is 0.0436. The normalized spacial score (nSPS) is 9.57. The highest BCUT2D eigenvalue weighted by Gasteiger charge is 2.14. The van der Waals surface area contributed by atoms with E-state index >= 15 is 0 Å². The van der Waals surface area contributed by atoms with E-state index in [1.807, 2.05) is 0 Å². The number of rotatable bonds is 4. The van der Waals surface area contributed by atoms with Crippen molar-refractivity contribution in [1.29, 1.82) is 10.8 Å². The maximum Gasteiger partial charge on any atom is 0.403 e. The van der Waals surface area contributed by atoms with Crippen molar-refractivity contribution in [2.75, 3.05) is 6.61 Å². The second-order valence-electron chi connectivity index (χ2n) is 2.40. The number of unbranched alkanes of at least 4 members (excludes halogenated alkanes) is 1. The molecule has 0 saturated heterocycles. The molecule has 0 saturated carbocycles. The summed E-state index contributed by atoms with van der Waals surface area (Å²) in [7, 11) is 0. The minimum Gasteiger partial charge on any atom is -0.396 e. The van der Waals surface area contributed by atoms with E-state index in [1.54, 1.807) is 0 Å². The predicted octanol–water partition coefficient (Wildman–Crippen LogP) is 1.26. The van der Waals surface area contributed by atoms with Gasteiger partial charge in [0.25, 0.3) is 0 Å².